The second-order valence-electron chi connectivity index (χ2n) is 3.64. The number of hydrogen-bond acceptors (Lipinski definition) is 3. The van der Waals surface area contributed by atoms with E-state index in [0.29, 0.717) is 5.92 Å². The Bertz CT molecular complexity index is 445. The van der Waals surface area contributed by atoms with E-state index in [1.54, 1.807) is 11.3 Å². The predicted octanol–water partition coefficient (Wildman–Crippen LogP) is 3.46. The summed E-state index contributed by atoms with van der Waals surface area (Å²) < 4.78 is 1.26. The fraction of sp³-hybridized carbons (Fsp3) is 0.364. The molecule has 0 aliphatic carbocycles. The highest BCUT2D eigenvalue weighted by Crippen LogP contribution is 2.28. The van der Waals surface area contributed by atoms with Crippen LogP contribution in [0.1, 0.15) is 24.8 Å². The lowest BCUT2D eigenvalue weighted by atomic mass is 10.2. The molecule has 1 aromatic heterocycles. The van der Waals surface area contributed by atoms with E-state index in [-0.39, 0.29) is 0 Å². The van der Waals surface area contributed by atoms with Gasteiger partial charge < -0.3 is 5.32 Å². The fourth-order valence-electron chi connectivity index (χ4n) is 1.34. The van der Waals surface area contributed by atoms with Crippen LogP contribution in [-0.4, -0.2) is 12.0 Å². The van der Waals surface area contributed by atoms with Gasteiger partial charge >= 0.3 is 0 Å². The molecule has 2 nitrogen and oxygen atoms in total. The normalized spacial score (nSPS) is 11.1. The standard InChI is InChI=1S/C11H14N2S/c1-7(2)11-13-9-5-4-8(12-3)6-10(9)14-11/h4-7,12H,1-3H3. The highest BCUT2D eigenvalue weighted by atomic mass is 32.1. The molecule has 0 atom stereocenters. The summed E-state index contributed by atoms with van der Waals surface area (Å²) in [5, 5.41) is 4.35. The molecule has 0 spiro atoms. The minimum Gasteiger partial charge on any atom is -0.388 e. The van der Waals surface area contributed by atoms with Gasteiger partial charge in [-0.3, -0.25) is 0 Å². The van der Waals surface area contributed by atoms with Crippen LogP contribution in [0.5, 0.6) is 0 Å². The Morgan fingerprint density at radius 2 is 2.14 bits per heavy atom. The van der Waals surface area contributed by atoms with Crippen LogP contribution in [0.3, 0.4) is 0 Å². The molecule has 0 bridgehead atoms. The smallest absolute Gasteiger partial charge is 0.0963 e. The van der Waals surface area contributed by atoms with Gasteiger partial charge in [-0.1, -0.05) is 13.8 Å². The Kier molecular flexibility index (Phi) is 2.42. The van der Waals surface area contributed by atoms with Gasteiger partial charge in [-0.05, 0) is 18.2 Å². The number of anilines is 1. The van der Waals surface area contributed by atoms with E-state index in [1.807, 2.05) is 7.05 Å². The average molecular weight is 206 g/mol. The predicted molar refractivity (Wildman–Crippen MR) is 63.3 cm³/mol. The van der Waals surface area contributed by atoms with Crippen molar-refractivity contribution in [2.24, 2.45) is 0 Å². The molecule has 14 heavy (non-hydrogen) atoms. The van der Waals surface area contributed by atoms with Gasteiger partial charge in [0.25, 0.3) is 0 Å². The Labute approximate surface area is 88.0 Å². The second kappa shape index (κ2) is 3.58. The minimum atomic E-state index is 0.519. The number of thiazole rings is 1. The highest BCUT2D eigenvalue weighted by Gasteiger charge is 2.06. The van der Waals surface area contributed by atoms with Crippen molar-refractivity contribution >= 4 is 27.2 Å². The summed E-state index contributed by atoms with van der Waals surface area (Å²) in [7, 11) is 1.94. The van der Waals surface area contributed by atoms with E-state index >= 15 is 0 Å². The molecule has 2 rings (SSSR count). The van der Waals surface area contributed by atoms with Crippen LogP contribution in [0, 0.1) is 0 Å². The number of nitrogens with one attached hydrogen (secondary N) is 1. The molecule has 3 heteroatoms. The van der Waals surface area contributed by atoms with Crippen molar-refractivity contribution in [3.8, 4) is 0 Å². The summed E-state index contributed by atoms with van der Waals surface area (Å²) in [6.45, 7) is 4.35. The number of benzene rings is 1. The Hall–Kier alpha value is -1.09. The molecule has 0 radical (unpaired) electrons. The van der Waals surface area contributed by atoms with E-state index in [1.165, 1.54) is 9.71 Å². The molecule has 0 saturated heterocycles. The molecule has 1 aromatic carbocycles. The lowest BCUT2D eigenvalue weighted by Gasteiger charge is -1.96. The first-order valence-electron chi connectivity index (χ1n) is 4.79. The summed E-state index contributed by atoms with van der Waals surface area (Å²) in [5.41, 5.74) is 2.26. The van der Waals surface area contributed by atoms with Crippen LogP contribution >= 0.6 is 11.3 Å². The zero-order chi connectivity index (χ0) is 10.1. The molecule has 0 fully saturated rings. The van der Waals surface area contributed by atoms with Crippen molar-refractivity contribution in [1.29, 1.82) is 0 Å². The van der Waals surface area contributed by atoms with Crippen molar-refractivity contribution in [2.45, 2.75) is 19.8 Å². The van der Waals surface area contributed by atoms with Crippen molar-refractivity contribution in [1.82, 2.24) is 4.98 Å². The molecular formula is C11H14N2S. The molecule has 2 aromatic rings. The van der Waals surface area contributed by atoms with E-state index in [4.69, 9.17) is 0 Å². The third kappa shape index (κ3) is 1.60. The van der Waals surface area contributed by atoms with E-state index in [0.717, 1.165) is 11.2 Å². The van der Waals surface area contributed by atoms with Crippen molar-refractivity contribution in [2.75, 3.05) is 12.4 Å². The molecule has 0 aliphatic rings. The van der Waals surface area contributed by atoms with Crippen LogP contribution < -0.4 is 5.32 Å². The molecule has 0 saturated carbocycles. The topological polar surface area (TPSA) is 24.9 Å². The summed E-state index contributed by atoms with van der Waals surface area (Å²) in [5.74, 6) is 0.519. The maximum atomic E-state index is 4.58. The van der Waals surface area contributed by atoms with Crippen LogP contribution in [-0.2, 0) is 0 Å². The lowest BCUT2D eigenvalue weighted by molar-refractivity contribution is 0.857. The van der Waals surface area contributed by atoms with Gasteiger partial charge in [0.05, 0.1) is 15.2 Å². The van der Waals surface area contributed by atoms with Crippen molar-refractivity contribution in [3.05, 3.63) is 23.2 Å². The van der Waals surface area contributed by atoms with Crippen LogP contribution in [0.15, 0.2) is 18.2 Å². The molecule has 0 amide bonds. The average Bonchev–Trinajstić information content (AvgIpc) is 2.59. The third-order valence-corrected chi connectivity index (χ3v) is 3.51. The Morgan fingerprint density at radius 3 is 2.79 bits per heavy atom. The highest BCUT2D eigenvalue weighted by molar-refractivity contribution is 7.18. The molecule has 74 valence electrons. The van der Waals surface area contributed by atoms with Gasteiger partial charge in [0.15, 0.2) is 0 Å². The summed E-state index contributed by atoms with van der Waals surface area (Å²) in [4.78, 5) is 4.58. The quantitative estimate of drug-likeness (QED) is 0.814. The van der Waals surface area contributed by atoms with Gasteiger partial charge in [0.2, 0.25) is 0 Å². The van der Waals surface area contributed by atoms with Gasteiger partial charge in [-0.15, -0.1) is 11.3 Å². The number of aromatic nitrogens is 1. The lowest BCUT2D eigenvalue weighted by Crippen LogP contribution is -1.85. The zero-order valence-corrected chi connectivity index (χ0v) is 9.48. The third-order valence-electron chi connectivity index (χ3n) is 2.19. The molecule has 1 heterocycles. The monoisotopic (exact) mass is 206 g/mol. The first kappa shape index (κ1) is 9.46. The first-order chi connectivity index (χ1) is 6.70. The molecule has 0 aliphatic heterocycles. The minimum absolute atomic E-state index is 0.519. The number of hydrogen-bond donors (Lipinski definition) is 1. The summed E-state index contributed by atoms with van der Waals surface area (Å²) >= 11 is 1.78. The second-order valence-corrected chi connectivity index (χ2v) is 4.70. The van der Waals surface area contributed by atoms with Crippen LogP contribution in [0.25, 0.3) is 10.2 Å². The van der Waals surface area contributed by atoms with Gasteiger partial charge in [-0.2, -0.15) is 0 Å². The zero-order valence-electron chi connectivity index (χ0n) is 8.66. The largest absolute Gasteiger partial charge is 0.388 e. The maximum absolute atomic E-state index is 4.58. The van der Waals surface area contributed by atoms with Crippen LogP contribution in [0.4, 0.5) is 5.69 Å². The molecule has 0 unspecified atom stereocenters. The summed E-state index contributed by atoms with van der Waals surface area (Å²) in [6.07, 6.45) is 0. The van der Waals surface area contributed by atoms with Gasteiger partial charge in [0, 0.05) is 18.7 Å². The number of fused-ring (bicyclic) bond motifs is 1. The van der Waals surface area contributed by atoms with E-state index in [2.05, 4.69) is 42.3 Å². The number of nitrogens with zero attached hydrogens (tertiary/aromatic N) is 1. The van der Waals surface area contributed by atoms with Crippen molar-refractivity contribution in [3.63, 3.8) is 0 Å². The first-order valence-corrected chi connectivity index (χ1v) is 5.60. The fourth-order valence-corrected chi connectivity index (χ4v) is 2.35. The van der Waals surface area contributed by atoms with Gasteiger partial charge in [-0.25, -0.2) is 4.98 Å². The molecular weight excluding hydrogens is 192 g/mol. The van der Waals surface area contributed by atoms with Gasteiger partial charge in [0.1, 0.15) is 0 Å². The maximum Gasteiger partial charge on any atom is 0.0963 e. The Balaban J connectivity index is 2.54. The SMILES string of the molecule is CNc1ccc2nc(C(C)C)sc2c1. The summed E-state index contributed by atoms with van der Waals surface area (Å²) in [6, 6.07) is 6.29. The molecule has 1 N–H and O–H groups in total. The van der Waals surface area contributed by atoms with E-state index in [9.17, 15) is 0 Å². The van der Waals surface area contributed by atoms with Crippen molar-refractivity contribution < 1.29 is 0 Å². The number of rotatable bonds is 2. The Morgan fingerprint density at radius 1 is 1.36 bits per heavy atom. The van der Waals surface area contributed by atoms with E-state index < -0.39 is 0 Å². The van der Waals surface area contributed by atoms with Crippen LogP contribution in [0.2, 0.25) is 0 Å².